The minimum atomic E-state index is -0.222. The molecular weight excluding hydrogens is 268 g/mol. The van der Waals surface area contributed by atoms with Gasteiger partial charge in [0.2, 0.25) is 5.91 Å². The van der Waals surface area contributed by atoms with Gasteiger partial charge in [0.05, 0.1) is 0 Å². The normalized spacial score (nSPS) is 12.0. The van der Waals surface area contributed by atoms with Crippen molar-refractivity contribution in [3.8, 4) is 0 Å². The summed E-state index contributed by atoms with van der Waals surface area (Å²) in [6.07, 6.45) is 0. The van der Waals surface area contributed by atoms with Crippen LogP contribution in [-0.2, 0) is 4.79 Å². The zero-order valence-corrected chi connectivity index (χ0v) is 11.4. The first-order valence-corrected chi connectivity index (χ1v) is 6.14. The van der Waals surface area contributed by atoms with Gasteiger partial charge in [-0.25, -0.2) is 0 Å². The highest BCUT2D eigenvalue weighted by molar-refractivity contribution is 9.10. The Hall–Kier alpha value is -1.03. The third kappa shape index (κ3) is 3.52. The first kappa shape index (κ1) is 13.0. The Balaban J connectivity index is 2.69. The Morgan fingerprint density at radius 1 is 1.50 bits per heavy atom. The summed E-state index contributed by atoms with van der Waals surface area (Å²) in [5.41, 5.74) is 2.10. The number of likely N-dealkylation sites (N-methyl/N-ethyl adjacent to an activating group) is 1. The Labute approximate surface area is 105 Å². The van der Waals surface area contributed by atoms with Crippen molar-refractivity contribution in [2.75, 3.05) is 11.9 Å². The largest absolute Gasteiger partial charge is 0.374 e. The van der Waals surface area contributed by atoms with Crippen LogP contribution in [0.3, 0.4) is 0 Å². The molecule has 0 aliphatic heterocycles. The molecule has 1 amide bonds. The summed E-state index contributed by atoms with van der Waals surface area (Å²) in [4.78, 5) is 11.5. The summed E-state index contributed by atoms with van der Waals surface area (Å²) in [5.74, 6) is 0.0184. The molecule has 0 saturated heterocycles. The van der Waals surface area contributed by atoms with Gasteiger partial charge in [-0.05, 0) is 44.5 Å². The molecule has 0 aliphatic rings. The lowest BCUT2D eigenvalue weighted by atomic mass is 10.2. The van der Waals surface area contributed by atoms with Gasteiger partial charge in [0.25, 0.3) is 0 Å². The molecule has 0 bridgehead atoms. The van der Waals surface area contributed by atoms with Crippen LogP contribution in [0.15, 0.2) is 22.7 Å². The molecule has 0 radical (unpaired) electrons. The van der Waals surface area contributed by atoms with E-state index in [1.165, 1.54) is 0 Å². The molecule has 0 saturated carbocycles. The lowest BCUT2D eigenvalue weighted by Crippen LogP contribution is -2.37. The molecule has 1 rings (SSSR count). The van der Waals surface area contributed by atoms with Crippen LogP contribution < -0.4 is 10.6 Å². The van der Waals surface area contributed by atoms with E-state index < -0.39 is 0 Å². The predicted octanol–water partition coefficient (Wildman–Crippen LogP) is 2.69. The van der Waals surface area contributed by atoms with Gasteiger partial charge in [-0.1, -0.05) is 15.9 Å². The van der Waals surface area contributed by atoms with Crippen molar-refractivity contribution in [3.63, 3.8) is 0 Å². The highest BCUT2D eigenvalue weighted by Crippen LogP contribution is 2.20. The minimum absolute atomic E-state index is 0.0184. The lowest BCUT2D eigenvalue weighted by molar-refractivity contribution is -0.121. The summed E-state index contributed by atoms with van der Waals surface area (Å²) < 4.78 is 1.04. The van der Waals surface area contributed by atoms with Gasteiger partial charge >= 0.3 is 0 Å². The van der Waals surface area contributed by atoms with E-state index in [4.69, 9.17) is 0 Å². The van der Waals surface area contributed by atoms with Crippen molar-refractivity contribution in [2.24, 2.45) is 0 Å². The molecule has 0 aliphatic carbocycles. The van der Waals surface area contributed by atoms with E-state index in [1.54, 1.807) is 0 Å². The quantitative estimate of drug-likeness (QED) is 0.893. The number of amides is 1. The van der Waals surface area contributed by atoms with Crippen LogP contribution in [0, 0.1) is 6.92 Å². The monoisotopic (exact) mass is 284 g/mol. The molecule has 0 spiro atoms. The zero-order chi connectivity index (χ0) is 12.1. The number of aryl methyl sites for hydroxylation is 1. The van der Waals surface area contributed by atoms with Crippen molar-refractivity contribution in [2.45, 2.75) is 26.8 Å². The van der Waals surface area contributed by atoms with Gasteiger partial charge in [0, 0.05) is 16.7 Å². The van der Waals surface area contributed by atoms with E-state index in [-0.39, 0.29) is 11.9 Å². The van der Waals surface area contributed by atoms with Gasteiger partial charge in [-0.2, -0.15) is 0 Å². The second kappa shape index (κ2) is 5.89. The molecule has 16 heavy (non-hydrogen) atoms. The third-order valence-corrected chi connectivity index (χ3v) is 2.80. The minimum Gasteiger partial charge on any atom is -0.374 e. The number of carbonyl (C=O) groups is 1. The SMILES string of the molecule is CCNC(=O)C(C)Nc1ccc(Br)cc1C. The van der Waals surface area contributed by atoms with E-state index in [1.807, 2.05) is 39.0 Å². The van der Waals surface area contributed by atoms with E-state index in [2.05, 4.69) is 26.6 Å². The van der Waals surface area contributed by atoms with Gasteiger partial charge in [-0.15, -0.1) is 0 Å². The first-order valence-electron chi connectivity index (χ1n) is 5.35. The molecule has 1 aromatic rings. The lowest BCUT2D eigenvalue weighted by Gasteiger charge is -2.16. The van der Waals surface area contributed by atoms with Crippen LogP contribution in [0.1, 0.15) is 19.4 Å². The van der Waals surface area contributed by atoms with E-state index in [9.17, 15) is 4.79 Å². The Bertz CT molecular complexity index is 379. The van der Waals surface area contributed by atoms with E-state index in [0.717, 1.165) is 15.7 Å². The predicted molar refractivity (Wildman–Crippen MR) is 70.6 cm³/mol. The summed E-state index contributed by atoms with van der Waals surface area (Å²) in [5, 5.41) is 5.97. The molecule has 2 N–H and O–H groups in total. The maximum absolute atomic E-state index is 11.5. The number of halogens is 1. The fourth-order valence-electron chi connectivity index (χ4n) is 1.42. The van der Waals surface area contributed by atoms with Crippen molar-refractivity contribution < 1.29 is 4.79 Å². The van der Waals surface area contributed by atoms with E-state index >= 15 is 0 Å². The fourth-order valence-corrected chi connectivity index (χ4v) is 1.89. The van der Waals surface area contributed by atoms with Gasteiger partial charge in [0.1, 0.15) is 6.04 Å². The van der Waals surface area contributed by atoms with Crippen molar-refractivity contribution in [3.05, 3.63) is 28.2 Å². The number of carbonyl (C=O) groups excluding carboxylic acids is 1. The van der Waals surface area contributed by atoms with Crippen molar-refractivity contribution in [1.29, 1.82) is 0 Å². The molecule has 1 atom stereocenters. The number of nitrogens with one attached hydrogen (secondary N) is 2. The average molecular weight is 285 g/mol. The number of anilines is 1. The second-order valence-electron chi connectivity index (χ2n) is 3.72. The smallest absolute Gasteiger partial charge is 0.242 e. The highest BCUT2D eigenvalue weighted by atomic mass is 79.9. The Morgan fingerprint density at radius 2 is 2.19 bits per heavy atom. The summed E-state index contributed by atoms with van der Waals surface area (Å²) in [6.45, 7) is 6.43. The van der Waals surface area contributed by atoms with Crippen LogP contribution in [0.4, 0.5) is 5.69 Å². The molecule has 1 unspecified atom stereocenters. The third-order valence-electron chi connectivity index (χ3n) is 2.30. The molecule has 4 heteroatoms. The fraction of sp³-hybridized carbons (Fsp3) is 0.417. The number of benzene rings is 1. The highest BCUT2D eigenvalue weighted by Gasteiger charge is 2.11. The molecule has 1 aromatic carbocycles. The standard InChI is InChI=1S/C12H17BrN2O/c1-4-14-12(16)9(3)15-11-6-5-10(13)7-8(11)2/h5-7,9,15H,4H2,1-3H3,(H,14,16). The van der Waals surface area contributed by atoms with Crippen molar-refractivity contribution >= 4 is 27.5 Å². The average Bonchev–Trinajstić information content (AvgIpc) is 2.22. The summed E-state index contributed by atoms with van der Waals surface area (Å²) >= 11 is 3.41. The van der Waals surface area contributed by atoms with Crippen LogP contribution in [0.25, 0.3) is 0 Å². The molecule has 3 nitrogen and oxygen atoms in total. The number of hydrogen-bond acceptors (Lipinski definition) is 2. The first-order chi connectivity index (χ1) is 7.54. The van der Waals surface area contributed by atoms with Crippen LogP contribution in [-0.4, -0.2) is 18.5 Å². The molecule has 0 fully saturated rings. The van der Waals surface area contributed by atoms with Gasteiger partial charge < -0.3 is 10.6 Å². The molecule has 0 heterocycles. The number of rotatable bonds is 4. The molecular formula is C12H17BrN2O. The van der Waals surface area contributed by atoms with Crippen LogP contribution in [0.2, 0.25) is 0 Å². The maximum atomic E-state index is 11.5. The molecule has 0 aromatic heterocycles. The topological polar surface area (TPSA) is 41.1 Å². The zero-order valence-electron chi connectivity index (χ0n) is 9.80. The molecule has 88 valence electrons. The van der Waals surface area contributed by atoms with Gasteiger partial charge in [0.15, 0.2) is 0 Å². The summed E-state index contributed by atoms with van der Waals surface area (Å²) in [7, 11) is 0. The Kier molecular flexibility index (Phi) is 4.80. The number of hydrogen-bond donors (Lipinski definition) is 2. The maximum Gasteiger partial charge on any atom is 0.242 e. The van der Waals surface area contributed by atoms with E-state index in [0.29, 0.717) is 6.54 Å². The summed E-state index contributed by atoms with van der Waals surface area (Å²) in [6, 6.07) is 5.72. The Morgan fingerprint density at radius 3 is 2.75 bits per heavy atom. The van der Waals surface area contributed by atoms with Crippen LogP contribution in [0.5, 0.6) is 0 Å². The van der Waals surface area contributed by atoms with Crippen LogP contribution >= 0.6 is 15.9 Å². The second-order valence-corrected chi connectivity index (χ2v) is 4.64. The van der Waals surface area contributed by atoms with Gasteiger partial charge in [-0.3, -0.25) is 4.79 Å². The van der Waals surface area contributed by atoms with Crippen molar-refractivity contribution in [1.82, 2.24) is 5.32 Å².